The van der Waals surface area contributed by atoms with Crippen molar-refractivity contribution in [3.05, 3.63) is 40.9 Å². The highest BCUT2D eigenvalue weighted by Gasteiger charge is 2.62. The summed E-state index contributed by atoms with van der Waals surface area (Å²) in [5.41, 5.74) is -3.02. The van der Waals surface area contributed by atoms with Crippen LogP contribution in [-0.2, 0) is 4.74 Å². The first-order valence-corrected chi connectivity index (χ1v) is 9.01. The lowest BCUT2D eigenvalue weighted by Gasteiger charge is -2.32. The number of alkyl halides is 3. The van der Waals surface area contributed by atoms with Crippen LogP contribution in [0.3, 0.4) is 0 Å². The monoisotopic (exact) mass is 415 g/mol. The van der Waals surface area contributed by atoms with Crippen LogP contribution < -0.4 is 9.75 Å². The van der Waals surface area contributed by atoms with Gasteiger partial charge in [-0.25, -0.2) is 9.78 Å². The molecule has 1 aromatic carbocycles. The SMILES string of the molecule is CCOC(=O)c1csc(N2N=C(c3ccc(OC)cc3)CC2(O)C(F)(F)F)n1. The van der Waals surface area contributed by atoms with Crippen LogP contribution in [0, 0.1) is 0 Å². The maximum atomic E-state index is 13.7. The van der Waals surface area contributed by atoms with Crippen LogP contribution in [0.4, 0.5) is 18.3 Å². The van der Waals surface area contributed by atoms with Crippen molar-refractivity contribution >= 4 is 28.1 Å². The van der Waals surface area contributed by atoms with E-state index in [4.69, 9.17) is 9.47 Å². The fourth-order valence-corrected chi connectivity index (χ4v) is 3.38. The second-order valence-electron chi connectivity index (χ2n) is 5.81. The number of rotatable bonds is 5. The minimum Gasteiger partial charge on any atom is -0.497 e. The number of ether oxygens (including phenoxy) is 2. The van der Waals surface area contributed by atoms with Gasteiger partial charge in [0, 0.05) is 5.38 Å². The van der Waals surface area contributed by atoms with Gasteiger partial charge in [-0.05, 0) is 36.8 Å². The van der Waals surface area contributed by atoms with Gasteiger partial charge in [0.15, 0.2) is 5.69 Å². The number of esters is 1. The van der Waals surface area contributed by atoms with E-state index in [9.17, 15) is 23.1 Å². The topological polar surface area (TPSA) is 84.2 Å². The quantitative estimate of drug-likeness (QED) is 0.755. The molecule has 0 radical (unpaired) electrons. The van der Waals surface area contributed by atoms with Gasteiger partial charge in [-0.3, -0.25) is 0 Å². The summed E-state index contributed by atoms with van der Waals surface area (Å²) in [6.07, 6.45) is -5.81. The predicted octanol–water partition coefficient (Wildman–Crippen LogP) is 3.19. The summed E-state index contributed by atoms with van der Waals surface area (Å²) in [5.74, 6) is -0.233. The summed E-state index contributed by atoms with van der Waals surface area (Å²) in [4.78, 5) is 15.6. The lowest BCUT2D eigenvalue weighted by Crippen LogP contribution is -2.55. The van der Waals surface area contributed by atoms with Gasteiger partial charge in [0.2, 0.25) is 5.13 Å². The second-order valence-corrected chi connectivity index (χ2v) is 6.65. The number of thiazole rings is 1. The summed E-state index contributed by atoms with van der Waals surface area (Å²) in [6.45, 7) is 1.70. The van der Waals surface area contributed by atoms with Crippen molar-refractivity contribution in [3.63, 3.8) is 0 Å². The van der Waals surface area contributed by atoms with Gasteiger partial charge >= 0.3 is 12.1 Å². The van der Waals surface area contributed by atoms with E-state index in [1.807, 2.05) is 0 Å². The predicted molar refractivity (Wildman–Crippen MR) is 95.7 cm³/mol. The average molecular weight is 415 g/mol. The van der Waals surface area contributed by atoms with E-state index in [0.717, 1.165) is 11.3 Å². The molecule has 1 aromatic heterocycles. The summed E-state index contributed by atoms with van der Waals surface area (Å²) in [7, 11) is 1.47. The van der Waals surface area contributed by atoms with Crippen molar-refractivity contribution in [2.75, 3.05) is 18.7 Å². The molecule has 1 aliphatic rings. The number of hydrogen-bond donors (Lipinski definition) is 1. The van der Waals surface area contributed by atoms with E-state index in [2.05, 4.69) is 10.1 Å². The number of halogens is 3. The van der Waals surface area contributed by atoms with Crippen LogP contribution in [0.1, 0.15) is 29.4 Å². The van der Waals surface area contributed by atoms with E-state index in [-0.39, 0.29) is 23.1 Å². The third kappa shape index (κ3) is 3.54. The van der Waals surface area contributed by atoms with E-state index >= 15 is 0 Å². The van der Waals surface area contributed by atoms with Crippen molar-refractivity contribution in [2.45, 2.75) is 25.2 Å². The van der Waals surface area contributed by atoms with Crippen molar-refractivity contribution in [2.24, 2.45) is 5.10 Å². The first-order valence-electron chi connectivity index (χ1n) is 8.13. The number of carbonyl (C=O) groups excluding carboxylic acids is 1. The molecule has 0 amide bonds. The van der Waals surface area contributed by atoms with E-state index in [1.165, 1.54) is 12.5 Å². The smallest absolute Gasteiger partial charge is 0.438 e. The number of carbonyl (C=O) groups is 1. The van der Waals surface area contributed by atoms with Gasteiger partial charge in [0.1, 0.15) is 5.75 Å². The van der Waals surface area contributed by atoms with Crippen molar-refractivity contribution in [1.29, 1.82) is 0 Å². The molecule has 7 nitrogen and oxygen atoms in total. The van der Waals surface area contributed by atoms with Crippen LogP contribution in [0.2, 0.25) is 0 Å². The Morgan fingerprint density at radius 1 is 1.36 bits per heavy atom. The molecule has 1 atom stereocenters. The highest BCUT2D eigenvalue weighted by Crippen LogP contribution is 2.44. The molecule has 150 valence electrons. The Kier molecular flexibility index (Phi) is 5.31. The molecular weight excluding hydrogens is 399 g/mol. The van der Waals surface area contributed by atoms with Crippen molar-refractivity contribution in [1.82, 2.24) is 4.98 Å². The highest BCUT2D eigenvalue weighted by molar-refractivity contribution is 7.14. The fourth-order valence-electron chi connectivity index (χ4n) is 2.57. The molecule has 0 bridgehead atoms. The molecule has 2 heterocycles. The minimum atomic E-state index is -5.01. The number of methoxy groups -OCH3 is 1. The maximum Gasteiger partial charge on any atom is 0.438 e. The van der Waals surface area contributed by atoms with Crippen LogP contribution in [0.25, 0.3) is 0 Å². The van der Waals surface area contributed by atoms with Crippen LogP contribution in [0.5, 0.6) is 5.75 Å². The Bertz CT molecular complexity index is 898. The van der Waals surface area contributed by atoms with Gasteiger partial charge in [-0.15, -0.1) is 11.3 Å². The van der Waals surface area contributed by atoms with E-state index in [1.54, 1.807) is 31.2 Å². The molecule has 1 unspecified atom stereocenters. The molecule has 3 rings (SSSR count). The molecule has 0 aliphatic carbocycles. The summed E-state index contributed by atoms with van der Waals surface area (Å²) in [5, 5.41) is 15.8. The Hall–Kier alpha value is -2.66. The molecule has 1 aliphatic heterocycles. The van der Waals surface area contributed by atoms with Gasteiger partial charge in [0.05, 0.1) is 25.8 Å². The van der Waals surface area contributed by atoms with Gasteiger partial charge < -0.3 is 14.6 Å². The fraction of sp³-hybridized carbons (Fsp3) is 0.353. The number of hydrogen-bond acceptors (Lipinski definition) is 8. The molecule has 2 aromatic rings. The van der Waals surface area contributed by atoms with Crippen molar-refractivity contribution in [3.8, 4) is 5.75 Å². The Morgan fingerprint density at radius 3 is 2.61 bits per heavy atom. The summed E-state index contributed by atoms with van der Waals surface area (Å²) < 4.78 is 50.8. The number of hydrazone groups is 1. The molecule has 11 heteroatoms. The second kappa shape index (κ2) is 7.40. The Morgan fingerprint density at radius 2 is 2.04 bits per heavy atom. The lowest BCUT2D eigenvalue weighted by atomic mass is 10.0. The normalized spacial score (nSPS) is 19.5. The zero-order valence-corrected chi connectivity index (χ0v) is 15.7. The first-order chi connectivity index (χ1) is 13.2. The zero-order valence-electron chi connectivity index (χ0n) is 14.9. The molecule has 0 fully saturated rings. The van der Waals surface area contributed by atoms with Crippen LogP contribution >= 0.6 is 11.3 Å². The Labute approximate surface area is 162 Å². The minimum absolute atomic E-state index is 0.0235. The number of benzene rings is 1. The number of anilines is 1. The zero-order chi connectivity index (χ0) is 20.5. The van der Waals surface area contributed by atoms with Gasteiger partial charge in [-0.2, -0.15) is 23.3 Å². The van der Waals surface area contributed by atoms with Gasteiger partial charge in [0.25, 0.3) is 5.72 Å². The largest absolute Gasteiger partial charge is 0.497 e. The number of aromatic nitrogens is 1. The van der Waals surface area contributed by atoms with Crippen molar-refractivity contribution < 1.29 is 32.5 Å². The average Bonchev–Trinajstić information content (AvgIpc) is 3.27. The third-order valence-electron chi connectivity index (χ3n) is 4.02. The van der Waals surface area contributed by atoms with Crippen LogP contribution in [0.15, 0.2) is 34.7 Å². The summed E-state index contributed by atoms with van der Waals surface area (Å²) >= 11 is 0.750. The molecule has 1 N–H and O–H groups in total. The molecular formula is C17H16F3N3O4S. The third-order valence-corrected chi connectivity index (χ3v) is 4.84. The maximum absolute atomic E-state index is 13.7. The number of nitrogens with zero attached hydrogens (tertiary/aromatic N) is 3. The van der Waals surface area contributed by atoms with Gasteiger partial charge in [-0.1, -0.05) is 0 Å². The lowest BCUT2D eigenvalue weighted by molar-refractivity contribution is -0.254. The molecule has 0 saturated carbocycles. The van der Waals surface area contributed by atoms with E-state index < -0.39 is 24.3 Å². The molecule has 28 heavy (non-hydrogen) atoms. The Balaban J connectivity index is 1.99. The van der Waals surface area contributed by atoms with Crippen LogP contribution in [-0.4, -0.2) is 47.4 Å². The first kappa shape index (κ1) is 20.1. The standard InChI is InChI=1S/C17H16F3N3O4S/c1-3-27-14(24)13-9-28-15(21-13)23-16(25,17(18,19)20)8-12(22-23)10-4-6-11(26-2)7-5-10/h4-7,9,25H,3,8H2,1-2H3. The molecule has 0 spiro atoms. The summed E-state index contributed by atoms with van der Waals surface area (Å²) in [6, 6.07) is 6.25. The molecule has 0 saturated heterocycles. The van der Waals surface area contributed by atoms with E-state index in [0.29, 0.717) is 16.3 Å². The number of aliphatic hydroxyl groups is 1. The highest BCUT2D eigenvalue weighted by atomic mass is 32.1.